The number of rotatable bonds is 4. The van der Waals surface area contributed by atoms with E-state index in [0.717, 1.165) is 12.1 Å². The van der Waals surface area contributed by atoms with Crippen LogP contribution >= 0.6 is 0 Å². The van der Waals surface area contributed by atoms with Crippen LogP contribution in [0.1, 0.15) is 28.8 Å². The second-order valence-electron chi connectivity index (χ2n) is 5.16. The van der Waals surface area contributed by atoms with E-state index in [-0.39, 0.29) is 11.8 Å². The molecular weight excluding hydrogens is 268 g/mol. The van der Waals surface area contributed by atoms with Crippen molar-refractivity contribution in [2.24, 2.45) is 0 Å². The SMILES string of the molecule is Cc1noc(CCNC(=O)C2CNCc3ccccc32)n1. The molecule has 21 heavy (non-hydrogen) atoms. The summed E-state index contributed by atoms with van der Waals surface area (Å²) in [5.74, 6) is 1.06. The van der Waals surface area contributed by atoms with E-state index >= 15 is 0 Å². The van der Waals surface area contributed by atoms with Crippen molar-refractivity contribution in [3.05, 3.63) is 47.1 Å². The van der Waals surface area contributed by atoms with Crippen LogP contribution in [0, 0.1) is 6.92 Å². The van der Waals surface area contributed by atoms with Crippen molar-refractivity contribution in [2.75, 3.05) is 13.1 Å². The average molecular weight is 286 g/mol. The van der Waals surface area contributed by atoms with Gasteiger partial charge in [0, 0.05) is 26.1 Å². The van der Waals surface area contributed by atoms with Gasteiger partial charge < -0.3 is 15.2 Å². The number of aromatic nitrogens is 2. The lowest BCUT2D eigenvalue weighted by Crippen LogP contribution is -2.39. The van der Waals surface area contributed by atoms with Crippen LogP contribution in [0.25, 0.3) is 0 Å². The Morgan fingerprint density at radius 1 is 1.48 bits per heavy atom. The third kappa shape index (κ3) is 3.11. The largest absolute Gasteiger partial charge is 0.355 e. The highest BCUT2D eigenvalue weighted by Crippen LogP contribution is 2.23. The molecule has 110 valence electrons. The number of hydrogen-bond acceptors (Lipinski definition) is 5. The maximum atomic E-state index is 12.3. The van der Waals surface area contributed by atoms with E-state index in [0.29, 0.717) is 31.2 Å². The van der Waals surface area contributed by atoms with Gasteiger partial charge in [-0.1, -0.05) is 29.4 Å². The van der Waals surface area contributed by atoms with Crippen molar-refractivity contribution in [1.82, 2.24) is 20.8 Å². The van der Waals surface area contributed by atoms with E-state index in [1.54, 1.807) is 6.92 Å². The van der Waals surface area contributed by atoms with Crippen LogP contribution in [0.3, 0.4) is 0 Å². The average Bonchev–Trinajstić information content (AvgIpc) is 2.92. The minimum Gasteiger partial charge on any atom is -0.355 e. The summed E-state index contributed by atoms with van der Waals surface area (Å²) in [5, 5.41) is 9.95. The molecule has 1 aliphatic heterocycles. The summed E-state index contributed by atoms with van der Waals surface area (Å²) in [6.45, 7) is 3.76. The Labute approximate surface area is 122 Å². The van der Waals surface area contributed by atoms with Gasteiger partial charge in [-0.15, -0.1) is 0 Å². The Kier molecular flexibility index (Phi) is 3.96. The second kappa shape index (κ2) is 6.05. The molecule has 0 saturated heterocycles. The van der Waals surface area contributed by atoms with Crippen molar-refractivity contribution in [2.45, 2.75) is 25.8 Å². The van der Waals surface area contributed by atoms with Gasteiger partial charge in [0.1, 0.15) is 0 Å². The van der Waals surface area contributed by atoms with Gasteiger partial charge in [0.05, 0.1) is 5.92 Å². The number of nitrogens with one attached hydrogen (secondary N) is 2. The lowest BCUT2D eigenvalue weighted by Gasteiger charge is -2.25. The quantitative estimate of drug-likeness (QED) is 0.874. The maximum Gasteiger partial charge on any atom is 0.228 e. The van der Waals surface area contributed by atoms with Gasteiger partial charge in [-0.3, -0.25) is 4.79 Å². The number of amides is 1. The number of nitrogens with zero attached hydrogens (tertiary/aromatic N) is 2. The molecule has 1 atom stereocenters. The third-order valence-electron chi connectivity index (χ3n) is 3.62. The molecule has 0 radical (unpaired) electrons. The Morgan fingerprint density at radius 3 is 3.14 bits per heavy atom. The molecular formula is C15H18N4O2. The molecule has 0 fully saturated rings. The summed E-state index contributed by atoms with van der Waals surface area (Å²) in [7, 11) is 0. The molecule has 1 unspecified atom stereocenters. The van der Waals surface area contributed by atoms with E-state index in [1.165, 1.54) is 5.56 Å². The van der Waals surface area contributed by atoms with E-state index in [1.807, 2.05) is 18.2 Å². The first-order valence-corrected chi connectivity index (χ1v) is 7.09. The smallest absolute Gasteiger partial charge is 0.228 e. The second-order valence-corrected chi connectivity index (χ2v) is 5.16. The van der Waals surface area contributed by atoms with Gasteiger partial charge in [-0.25, -0.2) is 0 Å². The zero-order chi connectivity index (χ0) is 14.7. The minimum absolute atomic E-state index is 0.0332. The van der Waals surface area contributed by atoms with Crippen molar-refractivity contribution >= 4 is 5.91 Å². The van der Waals surface area contributed by atoms with Gasteiger partial charge in [-0.05, 0) is 18.1 Å². The molecule has 2 heterocycles. The van der Waals surface area contributed by atoms with Crippen LogP contribution in [0.5, 0.6) is 0 Å². The Morgan fingerprint density at radius 2 is 2.33 bits per heavy atom. The molecule has 6 heteroatoms. The number of benzene rings is 1. The maximum absolute atomic E-state index is 12.3. The molecule has 6 nitrogen and oxygen atoms in total. The Balaban J connectivity index is 1.59. The molecule has 1 aromatic carbocycles. The topological polar surface area (TPSA) is 80.0 Å². The molecule has 2 aromatic rings. The van der Waals surface area contributed by atoms with Crippen LogP contribution in [-0.2, 0) is 17.8 Å². The molecule has 0 saturated carbocycles. The van der Waals surface area contributed by atoms with Crippen molar-refractivity contribution in [3.63, 3.8) is 0 Å². The number of fused-ring (bicyclic) bond motifs is 1. The molecule has 0 aliphatic carbocycles. The first-order valence-electron chi connectivity index (χ1n) is 7.09. The standard InChI is InChI=1S/C15H18N4O2/c1-10-18-14(21-19-10)6-7-17-15(20)13-9-16-8-11-4-2-3-5-12(11)13/h2-5,13,16H,6-9H2,1H3,(H,17,20). The summed E-state index contributed by atoms with van der Waals surface area (Å²) in [4.78, 5) is 16.5. The van der Waals surface area contributed by atoms with Crippen molar-refractivity contribution in [1.29, 1.82) is 0 Å². The minimum atomic E-state index is -0.139. The molecule has 0 spiro atoms. The van der Waals surface area contributed by atoms with Gasteiger partial charge in [0.15, 0.2) is 5.82 Å². The lowest BCUT2D eigenvalue weighted by atomic mass is 9.90. The van der Waals surface area contributed by atoms with Gasteiger partial charge in [-0.2, -0.15) is 4.98 Å². The molecule has 0 bridgehead atoms. The zero-order valence-electron chi connectivity index (χ0n) is 11.9. The fourth-order valence-corrected chi connectivity index (χ4v) is 2.59. The first-order chi connectivity index (χ1) is 10.2. The van der Waals surface area contributed by atoms with Crippen LogP contribution in [0.4, 0.5) is 0 Å². The molecule has 1 aliphatic rings. The van der Waals surface area contributed by atoms with E-state index < -0.39 is 0 Å². The molecule has 1 amide bonds. The van der Waals surface area contributed by atoms with Gasteiger partial charge in [0.25, 0.3) is 0 Å². The van der Waals surface area contributed by atoms with Crippen LogP contribution in [-0.4, -0.2) is 29.1 Å². The zero-order valence-corrected chi connectivity index (χ0v) is 11.9. The highest BCUT2D eigenvalue weighted by atomic mass is 16.5. The summed E-state index contributed by atoms with van der Waals surface area (Å²) < 4.78 is 5.02. The van der Waals surface area contributed by atoms with E-state index in [9.17, 15) is 4.79 Å². The fraction of sp³-hybridized carbons (Fsp3) is 0.400. The number of carbonyl (C=O) groups excluding carboxylic acids is 1. The number of hydrogen-bond donors (Lipinski definition) is 2. The van der Waals surface area contributed by atoms with Crippen LogP contribution in [0.15, 0.2) is 28.8 Å². The van der Waals surface area contributed by atoms with Crippen LogP contribution < -0.4 is 10.6 Å². The van der Waals surface area contributed by atoms with E-state index in [2.05, 4.69) is 26.8 Å². The third-order valence-corrected chi connectivity index (χ3v) is 3.62. The van der Waals surface area contributed by atoms with Gasteiger partial charge in [0.2, 0.25) is 11.8 Å². The molecule has 2 N–H and O–H groups in total. The fourth-order valence-electron chi connectivity index (χ4n) is 2.59. The number of carbonyl (C=O) groups is 1. The summed E-state index contributed by atoms with van der Waals surface area (Å²) in [6.07, 6.45) is 0.550. The normalized spacial score (nSPS) is 17.3. The highest BCUT2D eigenvalue weighted by Gasteiger charge is 2.25. The summed E-state index contributed by atoms with van der Waals surface area (Å²) in [5.41, 5.74) is 2.30. The highest BCUT2D eigenvalue weighted by molar-refractivity contribution is 5.84. The first kappa shape index (κ1) is 13.8. The molecule has 3 rings (SSSR count). The van der Waals surface area contributed by atoms with Crippen molar-refractivity contribution in [3.8, 4) is 0 Å². The van der Waals surface area contributed by atoms with Crippen LogP contribution in [0.2, 0.25) is 0 Å². The molecule has 1 aromatic heterocycles. The Hall–Kier alpha value is -2.21. The predicted octanol–water partition coefficient (Wildman–Crippen LogP) is 0.924. The van der Waals surface area contributed by atoms with Gasteiger partial charge >= 0.3 is 0 Å². The summed E-state index contributed by atoms with van der Waals surface area (Å²) in [6, 6.07) is 8.06. The number of aryl methyl sites for hydroxylation is 1. The summed E-state index contributed by atoms with van der Waals surface area (Å²) >= 11 is 0. The Bertz CT molecular complexity index is 638. The predicted molar refractivity (Wildman–Crippen MR) is 76.6 cm³/mol. The van der Waals surface area contributed by atoms with E-state index in [4.69, 9.17) is 4.52 Å². The lowest BCUT2D eigenvalue weighted by molar-refractivity contribution is -0.122. The van der Waals surface area contributed by atoms with Crippen molar-refractivity contribution < 1.29 is 9.32 Å². The monoisotopic (exact) mass is 286 g/mol.